The van der Waals surface area contributed by atoms with Crippen LogP contribution < -0.4 is 5.73 Å². The van der Waals surface area contributed by atoms with Gasteiger partial charge >= 0.3 is 0 Å². The van der Waals surface area contributed by atoms with Crippen molar-refractivity contribution in [1.82, 2.24) is 9.55 Å². The first-order valence-corrected chi connectivity index (χ1v) is 7.53. The Bertz CT molecular complexity index is 630. The van der Waals surface area contributed by atoms with Crippen LogP contribution in [0, 0.1) is 0 Å². The molecule has 2 aliphatic carbocycles. The topological polar surface area (TPSA) is 43.8 Å². The molecule has 2 N–H and O–H groups in total. The number of rotatable bonds is 2. The van der Waals surface area contributed by atoms with E-state index in [0.29, 0.717) is 18.0 Å². The maximum atomic E-state index is 6.09. The van der Waals surface area contributed by atoms with Crippen LogP contribution in [0.1, 0.15) is 49.9 Å². The summed E-state index contributed by atoms with van der Waals surface area (Å²) < 4.78 is 2.45. The Balaban J connectivity index is 1.86. The molecular formula is C15H18ClN3. The number of benzene rings is 1. The second-order valence-corrected chi connectivity index (χ2v) is 6.41. The second-order valence-electron chi connectivity index (χ2n) is 5.97. The van der Waals surface area contributed by atoms with Gasteiger partial charge in [-0.3, -0.25) is 0 Å². The first-order chi connectivity index (χ1) is 9.22. The van der Waals surface area contributed by atoms with E-state index in [2.05, 4.69) is 10.6 Å². The van der Waals surface area contributed by atoms with Crippen LogP contribution in [0.2, 0.25) is 5.02 Å². The summed E-state index contributed by atoms with van der Waals surface area (Å²) in [5.41, 5.74) is 8.34. The molecule has 0 saturated heterocycles. The molecule has 0 spiro atoms. The van der Waals surface area contributed by atoms with E-state index in [0.717, 1.165) is 23.4 Å². The minimum Gasteiger partial charge on any atom is -0.328 e. The molecule has 0 radical (unpaired) electrons. The highest BCUT2D eigenvalue weighted by atomic mass is 35.5. The lowest BCUT2D eigenvalue weighted by molar-refractivity contribution is 0.591. The summed E-state index contributed by atoms with van der Waals surface area (Å²) in [5.74, 6) is 1.77. The predicted octanol–water partition coefficient (Wildman–Crippen LogP) is 3.62. The Morgan fingerprint density at radius 2 is 2.05 bits per heavy atom. The number of imidazole rings is 1. The predicted molar refractivity (Wildman–Crippen MR) is 77.6 cm³/mol. The fraction of sp³-hybridized carbons (Fsp3) is 0.533. The maximum Gasteiger partial charge on any atom is 0.113 e. The minimum absolute atomic E-state index is 0.348. The summed E-state index contributed by atoms with van der Waals surface area (Å²) in [6.07, 6.45) is 5.92. The van der Waals surface area contributed by atoms with Crippen molar-refractivity contribution in [3.05, 3.63) is 29.0 Å². The van der Waals surface area contributed by atoms with E-state index in [1.807, 2.05) is 12.1 Å². The van der Waals surface area contributed by atoms with Crippen LogP contribution in [-0.2, 0) is 0 Å². The van der Waals surface area contributed by atoms with Crippen LogP contribution in [0.25, 0.3) is 11.0 Å². The summed E-state index contributed by atoms with van der Waals surface area (Å²) in [6, 6.07) is 7.06. The van der Waals surface area contributed by atoms with E-state index in [-0.39, 0.29) is 0 Å². The van der Waals surface area contributed by atoms with Gasteiger partial charge in [-0.15, -0.1) is 0 Å². The van der Waals surface area contributed by atoms with Crippen molar-refractivity contribution in [3.63, 3.8) is 0 Å². The van der Waals surface area contributed by atoms with Crippen molar-refractivity contribution in [2.45, 2.75) is 50.1 Å². The van der Waals surface area contributed by atoms with E-state index in [9.17, 15) is 0 Å². The molecule has 100 valence electrons. The first kappa shape index (κ1) is 11.7. The van der Waals surface area contributed by atoms with Gasteiger partial charge in [0, 0.05) is 23.0 Å². The van der Waals surface area contributed by atoms with Crippen molar-refractivity contribution in [3.8, 4) is 0 Å². The van der Waals surface area contributed by atoms with E-state index in [4.69, 9.17) is 22.3 Å². The number of fused-ring (bicyclic) bond motifs is 1. The van der Waals surface area contributed by atoms with Gasteiger partial charge in [0.25, 0.3) is 0 Å². The van der Waals surface area contributed by atoms with E-state index in [1.54, 1.807) is 0 Å². The van der Waals surface area contributed by atoms with Crippen molar-refractivity contribution < 1.29 is 0 Å². The minimum atomic E-state index is 0.348. The van der Waals surface area contributed by atoms with Gasteiger partial charge in [-0.05, 0) is 50.3 Å². The number of hydrogen-bond donors (Lipinski definition) is 1. The third kappa shape index (κ3) is 1.96. The summed E-state index contributed by atoms with van der Waals surface area (Å²) >= 11 is 6.09. The van der Waals surface area contributed by atoms with Crippen LogP contribution in [-0.4, -0.2) is 15.6 Å². The molecule has 4 heteroatoms. The van der Waals surface area contributed by atoms with E-state index < -0.39 is 0 Å². The highest BCUT2D eigenvalue weighted by molar-refractivity contribution is 6.31. The largest absolute Gasteiger partial charge is 0.328 e. The van der Waals surface area contributed by atoms with Gasteiger partial charge in [0.2, 0.25) is 0 Å². The van der Waals surface area contributed by atoms with Crippen molar-refractivity contribution in [1.29, 1.82) is 0 Å². The van der Waals surface area contributed by atoms with Gasteiger partial charge < -0.3 is 10.3 Å². The average molecular weight is 276 g/mol. The molecule has 2 saturated carbocycles. The van der Waals surface area contributed by atoms with Gasteiger partial charge in [0.05, 0.1) is 11.0 Å². The van der Waals surface area contributed by atoms with E-state index >= 15 is 0 Å². The third-order valence-corrected chi connectivity index (χ3v) is 4.66. The number of hydrogen-bond acceptors (Lipinski definition) is 2. The number of nitrogens with zero attached hydrogens (tertiary/aromatic N) is 2. The molecule has 0 amide bonds. The fourth-order valence-corrected chi connectivity index (χ4v) is 3.51. The standard InChI is InChI=1S/C15H18ClN3/c16-10-2-6-14-13(8-10)18-15(19(14)12-4-5-12)9-1-3-11(17)7-9/h2,6,8-9,11-12H,1,3-5,7,17H2/t9-,11+/m1/s1. The van der Waals surface area contributed by atoms with Crippen LogP contribution >= 0.6 is 11.6 Å². The summed E-state index contributed by atoms with van der Waals surface area (Å²) in [7, 11) is 0. The highest BCUT2D eigenvalue weighted by Gasteiger charge is 2.33. The van der Waals surface area contributed by atoms with Gasteiger partial charge in [0.1, 0.15) is 5.82 Å². The molecule has 2 fully saturated rings. The Morgan fingerprint density at radius 3 is 2.74 bits per heavy atom. The zero-order valence-electron chi connectivity index (χ0n) is 10.8. The normalized spacial score (nSPS) is 27.3. The van der Waals surface area contributed by atoms with Crippen LogP contribution in [0.15, 0.2) is 18.2 Å². The summed E-state index contributed by atoms with van der Waals surface area (Å²) in [6.45, 7) is 0. The SMILES string of the molecule is N[C@H]1CC[C@@H](c2nc3cc(Cl)ccc3n2C2CC2)C1. The average Bonchev–Trinajstić information content (AvgIpc) is 3.02. The van der Waals surface area contributed by atoms with E-state index in [1.165, 1.54) is 30.6 Å². The van der Waals surface area contributed by atoms with Crippen molar-refractivity contribution >= 4 is 22.6 Å². The monoisotopic (exact) mass is 275 g/mol. The molecule has 1 heterocycles. The Morgan fingerprint density at radius 1 is 1.21 bits per heavy atom. The first-order valence-electron chi connectivity index (χ1n) is 7.15. The summed E-state index contributed by atoms with van der Waals surface area (Å²) in [4.78, 5) is 4.87. The van der Waals surface area contributed by atoms with Gasteiger partial charge in [-0.1, -0.05) is 11.6 Å². The Hall–Kier alpha value is -1.06. The molecular weight excluding hydrogens is 258 g/mol. The molecule has 0 unspecified atom stereocenters. The quantitative estimate of drug-likeness (QED) is 0.910. The maximum absolute atomic E-state index is 6.09. The Kier molecular flexibility index (Phi) is 2.61. The zero-order valence-corrected chi connectivity index (χ0v) is 11.6. The fourth-order valence-electron chi connectivity index (χ4n) is 3.35. The third-order valence-electron chi connectivity index (χ3n) is 4.43. The lowest BCUT2D eigenvalue weighted by Crippen LogP contribution is -2.15. The lowest BCUT2D eigenvalue weighted by Gasteiger charge is -2.13. The molecule has 0 aliphatic heterocycles. The molecule has 4 rings (SSSR count). The van der Waals surface area contributed by atoms with Crippen LogP contribution in [0.4, 0.5) is 0 Å². The van der Waals surface area contributed by atoms with Crippen LogP contribution in [0.5, 0.6) is 0 Å². The molecule has 19 heavy (non-hydrogen) atoms. The zero-order chi connectivity index (χ0) is 13.0. The van der Waals surface area contributed by atoms with Gasteiger partial charge in [0.15, 0.2) is 0 Å². The molecule has 2 aliphatic rings. The number of nitrogens with two attached hydrogens (primary N) is 1. The summed E-state index contributed by atoms with van der Waals surface area (Å²) in [5, 5.41) is 0.766. The van der Waals surface area contributed by atoms with Crippen molar-refractivity contribution in [2.24, 2.45) is 5.73 Å². The number of halogens is 1. The molecule has 3 nitrogen and oxygen atoms in total. The molecule has 0 bridgehead atoms. The van der Waals surface area contributed by atoms with Crippen molar-refractivity contribution in [2.75, 3.05) is 0 Å². The van der Waals surface area contributed by atoms with Gasteiger partial charge in [-0.25, -0.2) is 4.98 Å². The molecule has 2 aromatic rings. The molecule has 1 aromatic carbocycles. The smallest absolute Gasteiger partial charge is 0.113 e. The Labute approximate surface area is 117 Å². The van der Waals surface area contributed by atoms with Crippen LogP contribution in [0.3, 0.4) is 0 Å². The van der Waals surface area contributed by atoms with Gasteiger partial charge in [-0.2, -0.15) is 0 Å². The molecule has 2 atom stereocenters. The number of aromatic nitrogens is 2. The highest BCUT2D eigenvalue weighted by Crippen LogP contribution is 2.43. The second kappa shape index (κ2) is 4.22. The lowest BCUT2D eigenvalue weighted by atomic mass is 10.1. The molecule has 1 aromatic heterocycles.